The summed E-state index contributed by atoms with van der Waals surface area (Å²) in [5.74, 6) is 0.788. The number of hydrogen-bond donors (Lipinski definition) is 2. The summed E-state index contributed by atoms with van der Waals surface area (Å²) in [4.78, 5) is 13.3. The van der Waals surface area contributed by atoms with Crippen LogP contribution in [0, 0.1) is 0 Å². The molecule has 2 heterocycles. The second kappa shape index (κ2) is 9.10. The fourth-order valence-corrected chi connectivity index (χ4v) is 4.67. The van der Waals surface area contributed by atoms with Crippen LogP contribution in [0.5, 0.6) is 0 Å². The highest BCUT2D eigenvalue weighted by atomic mass is 35.5. The van der Waals surface area contributed by atoms with Gasteiger partial charge in [-0.1, -0.05) is 61.5 Å². The van der Waals surface area contributed by atoms with Crippen molar-refractivity contribution in [3.63, 3.8) is 0 Å². The second-order valence-corrected chi connectivity index (χ2v) is 8.77. The van der Waals surface area contributed by atoms with E-state index in [0.717, 1.165) is 36.3 Å². The molecule has 1 aromatic heterocycles. The Balaban J connectivity index is 1.63. The van der Waals surface area contributed by atoms with Crippen molar-refractivity contribution in [1.29, 1.82) is 0 Å². The van der Waals surface area contributed by atoms with Gasteiger partial charge in [0.25, 0.3) is 0 Å². The second-order valence-electron chi connectivity index (χ2n) is 7.22. The summed E-state index contributed by atoms with van der Waals surface area (Å²) in [5.41, 5.74) is 6.47. The molecular formula is C22H24ClN5OS. The van der Waals surface area contributed by atoms with E-state index in [0.29, 0.717) is 10.2 Å². The maximum atomic E-state index is 13.3. The zero-order chi connectivity index (χ0) is 21.1. The summed E-state index contributed by atoms with van der Waals surface area (Å²) in [5, 5.41) is 12.6. The van der Waals surface area contributed by atoms with E-state index in [1.165, 1.54) is 17.3 Å². The molecule has 2 N–H and O–H groups in total. The number of carbonyl (C=O) groups is 1. The summed E-state index contributed by atoms with van der Waals surface area (Å²) < 4.78 is 1.91. The van der Waals surface area contributed by atoms with Gasteiger partial charge in [-0.2, -0.15) is 0 Å². The molecule has 4 rings (SSSR count). The topological polar surface area (TPSA) is 71.8 Å². The van der Waals surface area contributed by atoms with Gasteiger partial charge < -0.3 is 10.7 Å². The average Bonchev–Trinajstić information content (AvgIpc) is 3.16. The lowest BCUT2D eigenvalue weighted by Crippen LogP contribution is -2.41. The Kier molecular flexibility index (Phi) is 6.29. The van der Waals surface area contributed by atoms with Crippen molar-refractivity contribution < 1.29 is 4.79 Å². The van der Waals surface area contributed by atoms with Crippen LogP contribution in [0.4, 0.5) is 5.69 Å². The number of halogens is 1. The van der Waals surface area contributed by atoms with E-state index in [2.05, 4.69) is 34.8 Å². The first kappa shape index (κ1) is 20.8. The van der Waals surface area contributed by atoms with Gasteiger partial charge in [0.15, 0.2) is 5.82 Å². The molecule has 0 bridgehead atoms. The lowest BCUT2D eigenvalue weighted by molar-refractivity contribution is -0.116. The third kappa shape index (κ3) is 4.32. The van der Waals surface area contributed by atoms with Crippen LogP contribution in [0.3, 0.4) is 0 Å². The van der Waals surface area contributed by atoms with Crippen LogP contribution in [0.15, 0.2) is 53.7 Å². The van der Waals surface area contributed by atoms with Gasteiger partial charge in [0.2, 0.25) is 11.1 Å². The molecule has 8 heteroatoms. The van der Waals surface area contributed by atoms with Crippen LogP contribution in [0.1, 0.15) is 43.3 Å². The third-order valence-electron chi connectivity index (χ3n) is 5.09. The van der Waals surface area contributed by atoms with E-state index in [-0.39, 0.29) is 11.9 Å². The minimum absolute atomic E-state index is 0.0806. The van der Waals surface area contributed by atoms with E-state index < -0.39 is 5.25 Å². The molecule has 2 aromatic carbocycles. The molecule has 1 aliphatic rings. The number of nitrogens with zero attached hydrogens (tertiary/aromatic N) is 3. The summed E-state index contributed by atoms with van der Waals surface area (Å²) in [7, 11) is 0. The van der Waals surface area contributed by atoms with Crippen molar-refractivity contribution in [3.05, 3.63) is 70.5 Å². The van der Waals surface area contributed by atoms with E-state index in [4.69, 9.17) is 11.6 Å². The number of aromatic nitrogens is 3. The number of aryl methyl sites for hydroxylation is 2. The molecule has 0 saturated heterocycles. The van der Waals surface area contributed by atoms with Gasteiger partial charge in [-0.25, -0.2) is 4.68 Å². The van der Waals surface area contributed by atoms with Crippen molar-refractivity contribution in [2.75, 3.05) is 10.7 Å². The van der Waals surface area contributed by atoms with Gasteiger partial charge >= 0.3 is 0 Å². The molecule has 1 aliphatic heterocycles. The maximum absolute atomic E-state index is 13.3. The number of carbonyl (C=O) groups excluding carboxylic acids is 1. The number of benzene rings is 2. The van der Waals surface area contributed by atoms with Gasteiger partial charge in [-0.3, -0.25) is 4.79 Å². The minimum Gasteiger partial charge on any atom is -0.325 e. The Morgan fingerprint density at radius 3 is 2.53 bits per heavy atom. The molecule has 0 spiro atoms. The van der Waals surface area contributed by atoms with Crippen molar-refractivity contribution in [3.8, 4) is 0 Å². The number of rotatable bonds is 6. The molecule has 0 fully saturated rings. The molecule has 3 aromatic rings. The molecule has 0 unspecified atom stereocenters. The largest absolute Gasteiger partial charge is 0.325 e. The van der Waals surface area contributed by atoms with Gasteiger partial charge in [0.1, 0.15) is 5.25 Å². The van der Waals surface area contributed by atoms with Gasteiger partial charge in [-0.15, -0.1) is 10.2 Å². The Morgan fingerprint density at radius 2 is 1.87 bits per heavy atom. The number of hydrogen-bond acceptors (Lipinski definition) is 5. The van der Waals surface area contributed by atoms with Gasteiger partial charge in [0.05, 0.1) is 6.04 Å². The first-order chi connectivity index (χ1) is 14.6. The fourth-order valence-electron chi connectivity index (χ4n) is 3.44. The van der Waals surface area contributed by atoms with Crippen molar-refractivity contribution in [2.45, 2.75) is 49.6 Å². The SMILES string of the molecule is CCCc1nnc2n1N[C@@H](c1ccc(Cl)cc1)[C@@H](C(=O)Nc1ccc(CC)cc1)S2. The van der Waals surface area contributed by atoms with Crippen LogP contribution in [0.2, 0.25) is 5.02 Å². The predicted octanol–water partition coefficient (Wildman–Crippen LogP) is 4.84. The Morgan fingerprint density at radius 1 is 1.13 bits per heavy atom. The quantitative estimate of drug-likeness (QED) is 0.572. The number of thioether (sulfide) groups is 1. The summed E-state index contributed by atoms with van der Waals surface area (Å²) in [6.45, 7) is 4.21. The molecule has 0 saturated carbocycles. The molecule has 30 heavy (non-hydrogen) atoms. The van der Waals surface area contributed by atoms with E-state index in [1.54, 1.807) is 0 Å². The van der Waals surface area contributed by atoms with E-state index in [9.17, 15) is 4.79 Å². The number of anilines is 1. The smallest absolute Gasteiger partial charge is 0.240 e. The maximum Gasteiger partial charge on any atom is 0.240 e. The zero-order valence-corrected chi connectivity index (χ0v) is 18.5. The summed E-state index contributed by atoms with van der Waals surface area (Å²) >= 11 is 7.51. The lowest BCUT2D eigenvalue weighted by atomic mass is 10.0. The fraction of sp³-hybridized carbons (Fsp3) is 0.318. The van der Waals surface area contributed by atoms with Crippen LogP contribution in [0.25, 0.3) is 0 Å². The highest BCUT2D eigenvalue weighted by Crippen LogP contribution is 2.38. The third-order valence-corrected chi connectivity index (χ3v) is 6.56. The molecule has 156 valence electrons. The van der Waals surface area contributed by atoms with Crippen molar-refractivity contribution in [1.82, 2.24) is 14.9 Å². The summed E-state index contributed by atoms with van der Waals surface area (Å²) in [6, 6.07) is 15.3. The van der Waals surface area contributed by atoms with Crippen LogP contribution >= 0.6 is 23.4 Å². The molecule has 1 amide bonds. The van der Waals surface area contributed by atoms with Gasteiger partial charge in [0, 0.05) is 17.1 Å². The molecule has 2 atom stereocenters. The standard InChI is InChI=1S/C22H24ClN5OS/c1-3-5-18-25-26-22-28(18)27-19(15-8-10-16(23)11-9-15)20(30-22)21(29)24-17-12-6-14(4-2)7-13-17/h6-13,19-20,27H,3-5H2,1-2H3,(H,24,29)/t19-,20-/m0/s1. The van der Waals surface area contributed by atoms with Crippen molar-refractivity contribution >= 4 is 35.0 Å². The Labute approximate surface area is 185 Å². The molecular weight excluding hydrogens is 418 g/mol. The number of nitrogens with one attached hydrogen (secondary N) is 2. The average molecular weight is 442 g/mol. The van der Waals surface area contributed by atoms with Crippen LogP contribution in [-0.4, -0.2) is 26.0 Å². The van der Waals surface area contributed by atoms with Crippen molar-refractivity contribution in [2.24, 2.45) is 0 Å². The van der Waals surface area contributed by atoms with Crippen LogP contribution in [-0.2, 0) is 17.6 Å². The zero-order valence-electron chi connectivity index (χ0n) is 16.9. The summed E-state index contributed by atoms with van der Waals surface area (Å²) in [6.07, 6.45) is 2.74. The number of amides is 1. The highest BCUT2D eigenvalue weighted by molar-refractivity contribution is 8.00. The minimum atomic E-state index is -0.414. The molecule has 0 aliphatic carbocycles. The first-order valence-corrected chi connectivity index (χ1v) is 11.4. The van der Waals surface area contributed by atoms with Crippen LogP contribution < -0.4 is 10.7 Å². The van der Waals surface area contributed by atoms with Gasteiger partial charge in [-0.05, 0) is 48.2 Å². The van der Waals surface area contributed by atoms with E-state index in [1.807, 2.05) is 53.2 Å². The number of fused-ring (bicyclic) bond motifs is 1. The molecule has 0 radical (unpaired) electrons. The highest BCUT2D eigenvalue weighted by Gasteiger charge is 2.37. The monoisotopic (exact) mass is 441 g/mol. The lowest BCUT2D eigenvalue weighted by Gasteiger charge is -2.33. The Bertz CT molecular complexity index is 1020. The first-order valence-electron chi connectivity index (χ1n) is 10.1. The Hall–Kier alpha value is -2.51. The normalized spacial score (nSPS) is 17.8. The predicted molar refractivity (Wildman–Crippen MR) is 122 cm³/mol. The van der Waals surface area contributed by atoms with E-state index >= 15 is 0 Å². The molecule has 6 nitrogen and oxygen atoms in total.